The summed E-state index contributed by atoms with van der Waals surface area (Å²) in [5.74, 6) is -1.15. The van der Waals surface area contributed by atoms with E-state index in [2.05, 4.69) is 26.1 Å². The van der Waals surface area contributed by atoms with E-state index < -0.39 is 5.97 Å². The molecule has 0 saturated carbocycles. The van der Waals surface area contributed by atoms with Crippen LogP contribution in [-0.4, -0.2) is 21.3 Å². The second-order valence-corrected chi connectivity index (χ2v) is 2.68. The van der Waals surface area contributed by atoms with Crippen molar-refractivity contribution in [2.75, 3.05) is 0 Å². The summed E-state index contributed by atoms with van der Waals surface area (Å²) < 4.78 is 0.381. The number of nitrogens with one attached hydrogen (secondary N) is 1. The first-order valence-electron chi connectivity index (χ1n) is 2.25. The van der Waals surface area contributed by atoms with E-state index in [1.165, 1.54) is 0 Å². The molecule has 6 heteroatoms. The number of nitrogens with zero attached hydrogens (tertiary/aromatic N) is 1. The standard InChI is InChI=1S/C4H2BrClN2O2/c5-3-1(6)2(4(9)10)7-8-3/h(H,7,8)(H,9,10). The van der Waals surface area contributed by atoms with E-state index in [0.717, 1.165) is 0 Å². The molecular weight excluding hydrogens is 223 g/mol. The van der Waals surface area contributed by atoms with Crippen LogP contribution in [0.2, 0.25) is 5.02 Å². The Labute approximate surface area is 69.3 Å². The molecule has 4 nitrogen and oxygen atoms in total. The maximum Gasteiger partial charge on any atom is 0.358 e. The van der Waals surface area contributed by atoms with E-state index in [1.807, 2.05) is 0 Å². The smallest absolute Gasteiger partial charge is 0.358 e. The average molecular weight is 225 g/mol. The van der Waals surface area contributed by atoms with Crippen molar-refractivity contribution in [1.29, 1.82) is 0 Å². The predicted octanol–water partition coefficient (Wildman–Crippen LogP) is 1.52. The van der Waals surface area contributed by atoms with Gasteiger partial charge in [-0.1, -0.05) is 11.6 Å². The van der Waals surface area contributed by atoms with E-state index in [0.29, 0.717) is 4.60 Å². The molecule has 0 aliphatic carbocycles. The second-order valence-electron chi connectivity index (χ2n) is 1.51. The van der Waals surface area contributed by atoms with Crippen molar-refractivity contribution in [3.05, 3.63) is 15.3 Å². The van der Waals surface area contributed by atoms with Gasteiger partial charge in [-0.05, 0) is 15.9 Å². The van der Waals surface area contributed by atoms with Crippen molar-refractivity contribution in [3.63, 3.8) is 0 Å². The molecule has 0 saturated heterocycles. The zero-order chi connectivity index (χ0) is 7.72. The Balaban J connectivity index is 3.17. The first kappa shape index (κ1) is 7.56. The largest absolute Gasteiger partial charge is 0.476 e. The molecule has 0 fully saturated rings. The van der Waals surface area contributed by atoms with E-state index in [9.17, 15) is 4.79 Å². The molecule has 0 bridgehead atoms. The van der Waals surface area contributed by atoms with Crippen LogP contribution in [0.4, 0.5) is 0 Å². The Bertz CT molecular complexity index is 272. The number of carbonyl (C=O) groups is 1. The van der Waals surface area contributed by atoms with Gasteiger partial charge >= 0.3 is 5.97 Å². The number of halogens is 2. The lowest BCUT2D eigenvalue weighted by atomic mass is 10.4. The summed E-state index contributed by atoms with van der Waals surface area (Å²) in [7, 11) is 0. The number of aromatic carboxylic acids is 1. The number of rotatable bonds is 1. The van der Waals surface area contributed by atoms with Crippen LogP contribution < -0.4 is 0 Å². The maximum atomic E-state index is 10.2. The van der Waals surface area contributed by atoms with Gasteiger partial charge in [-0.25, -0.2) is 4.79 Å². The van der Waals surface area contributed by atoms with Gasteiger partial charge < -0.3 is 5.11 Å². The Hall–Kier alpha value is -0.550. The topological polar surface area (TPSA) is 66.0 Å². The molecule has 0 aliphatic heterocycles. The van der Waals surface area contributed by atoms with Crippen molar-refractivity contribution in [2.24, 2.45) is 0 Å². The fourth-order valence-electron chi connectivity index (χ4n) is 0.449. The first-order chi connectivity index (χ1) is 4.63. The van der Waals surface area contributed by atoms with Gasteiger partial charge in [0.2, 0.25) is 0 Å². The van der Waals surface area contributed by atoms with Crippen LogP contribution >= 0.6 is 27.5 Å². The molecule has 2 N–H and O–H groups in total. The molecule has 0 aromatic carbocycles. The number of aromatic nitrogens is 2. The summed E-state index contributed by atoms with van der Waals surface area (Å²) in [5, 5.41) is 14.3. The van der Waals surface area contributed by atoms with E-state index in [-0.39, 0.29) is 10.7 Å². The molecule has 1 aromatic rings. The van der Waals surface area contributed by atoms with Crippen molar-refractivity contribution in [3.8, 4) is 0 Å². The van der Waals surface area contributed by atoms with Crippen LogP contribution in [0.15, 0.2) is 4.60 Å². The summed E-state index contributed by atoms with van der Waals surface area (Å²) in [6.07, 6.45) is 0. The molecule has 54 valence electrons. The van der Waals surface area contributed by atoms with Crippen LogP contribution in [0.3, 0.4) is 0 Å². The minimum atomic E-state index is -1.15. The number of H-pyrrole nitrogens is 1. The molecule has 0 unspecified atom stereocenters. The molecule has 0 spiro atoms. The second kappa shape index (κ2) is 2.59. The van der Waals surface area contributed by atoms with Gasteiger partial charge in [-0.3, -0.25) is 5.10 Å². The highest BCUT2D eigenvalue weighted by molar-refractivity contribution is 9.10. The van der Waals surface area contributed by atoms with Crippen LogP contribution in [0.5, 0.6) is 0 Å². The molecule has 1 heterocycles. The lowest BCUT2D eigenvalue weighted by Gasteiger charge is -1.83. The van der Waals surface area contributed by atoms with E-state index >= 15 is 0 Å². The normalized spacial score (nSPS) is 9.80. The number of carboxylic acid groups (broad SMARTS) is 1. The first-order valence-corrected chi connectivity index (χ1v) is 3.42. The van der Waals surface area contributed by atoms with E-state index in [4.69, 9.17) is 16.7 Å². The Morgan fingerprint density at radius 1 is 1.80 bits per heavy atom. The van der Waals surface area contributed by atoms with Gasteiger partial charge in [0.05, 0.1) is 0 Å². The maximum absolute atomic E-state index is 10.2. The van der Waals surface area contributed by atoms with Gasteiger partial charge in [0, 0.05) is 0 Å². The van der Waals surface area contributed by atoms with Gasteiger partial charge in [0.25, 0.3) is 0 Å². The molecule has 0 radical (unpaired) electrons. The average Bonchev–Trinajstić information content (AvgIpc) is 2.14. The Morgan fingerprint density at radius 2 is 2.40 bits per heavy atom. The molecule has 0 atom stereocenters. The Kier molecular flexibility index (Phi) is 1.96. The van der Waals surface area contributed by atoms with Gasteiger partial charge in [0.1, 0.15) is 9.63 Å². The lowest BCUT2D eigenvalue weighted by molar-refractivity contribution is 0.0690. The third kappa shape index (κ3) is 1.15. The minimum absolute atomic E-state index is 0.0903. The van der Waals surface area contributed by atoms with Crippen molar-refractivity contribution in [1.82, 2.24) is 10.2 Å². The van der Waals surface area contributed by atoms with Crippen LogP contribution in [0, 0.1) is 0 Å². The van der Waals surface area contributed by atoms with Gasteiger partial charge in [0.15, 0.2) is 5.69 Å². The van der Waals surface area contributed by atoms with Gasteiger partial charge in [-0.2, -0.15) is 5.10 Å². The quantitative estimate of drug-likeness (QED) is 0.761. The molecule has 0 aliphatic rings. The number of carboxylic acids is 1. The third-order valence-corrected chi connectivity index (χ3v) is 2.04. The lowest BCUT2D eigenvalue weighted by Crippen LogP contribution is -1.96. The summed E-state index contributed by atoms with van der Waals surface area (Å²) in [4.78, 5) is 10.2. The van der Waals surface area contributed by atoms with Crippen LogP contribution in [-0.2, 0) is 0 Å². The molecule has 0 amide bonds. The molecule has 1 aromatic heterocycles. The van der Waals surface area contributed by atoms with Crippen molar-refractivity contribution >= 4 is 33.5 Å². The number of hydrogen-bond acceptors (Lipinski definition) is 2. The fraction of sp³-hybridized carbons (Fsp3) is 0. The van der Waals surface area contributed by atoms with Crippen LogP contribution in [0.1, 0.15) is 10.5 Å². The summed E-state index contributed by atoms with van der Waals surface area (Å²) in [6, 6.07) is 0. The van der Waals surface area contributed by atoms with Crippen molar-refractivity contribution in [2.45, 2.75) is 0 Å². The van der Waals surface area contributed by atoms with Crippen LogP contribution in [0.25, 0.3) is 0 Å². The highest BCUT2D eigenvalue weighted by atomic mass is 79.9. The fourth-order valence-corrected chi connectivity index (χ4v) is 0.891. The predicted molar refractivity (Wildman–Crippen MR) is 38.3 cm³/mol. The minimum Gasteiger partial charge on any atom is -0.476 e. The SMILES string of the molecule is O=C(O)c1n[nH]c(Br)c1Cl. The summed E-state index contributed by atoms with van der Waals surface area (Å²) in [5.41, 5.74) is -0.173. The molecular formula is C4H2BrClN2O2. The highest BCUT2D eigenvalue weighted by Gasteiger charge is 2.14. The zero-order valence-corrected chi connectivity index (χ0v) is 6.90. The van der Waals surface area contributed by atoms with E-state index in [1.54, 1.807) is 0 Å². The summed E-state index contributed by atoms with van der Waals surface area (Å²) >= 11 is 8.45. The zero-order valence-electron chi connectivity index (χ0n) is 4.56. The monoisotopic (exact) mass is 224 g/mol. The summed E-state index contributed by atoms with van der Waals surface area (Å²) in [6.45, 7) is 0. The van der Waals surface area contributed by atoms with Gasteiger partial charge in [-0.15, -0.1) is 0 Å². The Morgan fingerprint density at radius 3 is 2.60 bits per heavy atom. The third-order valence-electron chi connectivity index (χ3n) is 0.869. The molecule has 10 heavy (non-hydrogen) atoms. The van der Waals surface area contributed by atoms with Crippen molar-refractivity contribution < 1.29 is 9.90 Å². The number of hydrogen-bond donors (Lipinski definition) is 2. The number of aromatic amines is 1. The molecule has 1 rings (SSSR count). The highest BCUT2D eigenvalue weighted by Crippen LogP contribution is 2.22.